The molecule has 1 aromatic carbocycles. The molecule has 0 aromatic heterocycles. The van der Waals surface area contributed by atoms with Gasteiger partial charge < -0.3 is 14.8 Å². The highest BCUT2D eigenvalue weighted by atomic mass is 16.5. The third kappa shape index (κ3) is 8.88. The van der Waals surface area contributed by atoms with E-state index in [0.717, 1.165) is 32.1 Å². The highest BCUT2D eigenvalue weighted by Crippen LogP contribution is 2.18. The Hall–Kier alpha value is -2.37. The molecule has 1 aromatic rings. The predicted molar refractivity (Wildman–Crippen MR) is 94.4 cm³/mol. The topological polar surface area (TPSA) is 81.7 Å². The van der Waals surface area contributed by atoms with Gasteiger partial charge in [-0.1, -0.05) is 31.4 Å². The maximum absolute atomic E-state index is 12.2. The smallest absolute Gasteiger partial charge is 0.308 e. The molecule has 0 fully saturated rings. The average molecular weight is 349 g/mol. The second-order valence-electron chi connectivity index (χ2n) is 5.67. The lowest BCUT2D eigenvalue weighted by molar-refractivity contribution is -0.143. The molecule has 0 saturated heterocycles. The summed E-state index contributed by atoms with van der Waals surface area (Å²) < 4.78 is 9.91. The molecule has 0 aliphatic rings. The second-order valence-corrected chi connectivity index (χ2v) is 5.67. The Balaban J connectivity index is 2.19. The first-order chi connectivity index (χ1) is 12.0. The average Bonchev–Trinajstić information content (AvgIpc) is 2.57. The molecule has 1 amide bonds. The van der Waals surface area contributed by atoms with Gasteiger partial charge in [-0.3, -0.25) is 14.4 Å². The minimum atomic E-state index is -0.455. The maximum Gasteiger partial charge on any atom is 0.308 e. The molecule has 0 heterocycles. The lowest BCUT2D eigenvalue weighted by atomic mass is 10.1. The highest BCUT2D eigenvalue weighted by molar-refractivity contribution is 5.97. The van der Waals surface area contributed by atoms with E-state index >= 15 is 0 Å². The Labute approximate surface area is 148 Å². The van der Waals surface area contributed by atoms with E-state index in [1.165, 1.54) is 6.92 Å². The van der Waals surface area contributed by atoms with E-state index in [0.29, 0.717) is 25.1 Å². The Morgan fingerprint density at radius 3 is 2.40 bits per heavy atom. The summed E-state index contributed by atoms with van der Waals surface area (Å²) in [5.41, 5.74) is 0.354. The third-order valence-electron chi connectivity index (χ3n) is 3.53. The lowest BCUT2D eigenvalue weighted by Gasteiger charge is -2.09. The molecule has 0 bridgehead atoms. The summed E-state index contributed by atoms with van der Waals surface area (Å²) in [4.78, 5) is 34.4. The number of rotatable bonds is 11. The van der Waals surface area contributed by atoms with Gasteiger partial charge in [0.05, 0.1) is 12.2 Å². The number of ether oxygens (including phenoxy) is 2. The third-order valence-corrected chi connectivity index (χ3v) is 3.53. The van der Waals surface area contributed by atoms with Crippen LogP contribution in [-0.4, -0.2) is 31.0 Å². The van der Waals surface area contributed by atoms with E-state index in [4.69, 9.17) is 9.47 Å². The largest absolute Gasteiger partial charge is 0.466 e. The van der Waals surface area contributed by atoms with Gasteiger partial charge in [-0.15, -0.1) is 0 Å². The first-order valence-corrected chi connectivity index (χ1v) is 8.75. The summed E-state index contributed by atoms with van der Waals surface area (Å²) >= 11 is 0. The minimum absolute atomic E-state index is 0.138. The Bertz CT molecular complexity index is 571. The number of carbonyl (C=O) groups is 3. The van der Waals surface area contributed by atoms with Crippen molar-refractivity contribution in [3.63, 3.8) is 0 Å². The lowest BCUT2D eigenvalue weighted by Crippen LogP contribution is -2.25. The fraction of sp³-hybridized carbons (Fsp3) is 0.526. The van der Waals surface area contributed by atoms with Gasteiger partial charge in [0.25, 0.3) is 5.91 Å². The molecular formula is C19H27NO5. The van der Waals surface area contributed by atoms with Crippen molar-refractivity contribution in [2.75, 3.05) is 13.2 Å². The number of hydrogen-bond donors (Lipinski definition) is 1. The van der Waals surface area contributed by atoms with Gasteiger partial charge >= 0.3 is 11.9 Å². The monoisotopic (exact) mass is 349 g/mol. The summed E-state index contributed by atoms with van der Waals surface area (Å²) in [5.74, 6) is -0.574. The molecule has 25 heavy (non-hydrogen) atoms. The van der Waals surface area contributed by atoms with Crippen LogP contribution in [0.4, 0.5) is 0 Å². The molecule has 6 heteroatoms. The van der Waals surface area contributed by atoms with Crippen molar-refractivity contribution in [3.8, 4) is 5.75 Å². The standard InChI is InChI=1S/C19H27NO5/c1-3-24-18(22)13-7-5-4-6-10-14-20-19(23)16-11-8-9-12-17(16)25-15(2)21/h8-9,11-12H,3-7,10,13-14H2,1-2H3,(H,20,23). The Morgan fingerprint density at radius 2 is 1.68 bits per heavy atom. The molecule has 0 aliphatic carbocycles. The van der Waals surface area contributed by atoms with Gasteiger partial charge in [0.2, 0.25) is 0 Å². The van der Waals surface area contributed by atoms with Crippen LogP contribution in [0, 0.1) is 0 Å². The number of benzene rings is 1. The van der Waals surface area contributed by atoms with E-state index < -0.39 is 5.97 Å². The van der Waals surface area contributed by atoms with Gasteiger partial charge in [-0.25, -0.2) is 0 Å². The zero-order chi connectivity index (χ0) is 18.5. The predicted octanol–water partition coefficient (Wildman–Crippen LogP) is 3.25. The Kier molecular flexibility index (Phi) is 9.97. The molecule has 0 radical (unpaired) electrons. The van der Waals surface area contributed by atoms with Crippen LogP contribution in [0.1, 0.15) is 62.7 Å². The number of hydrogen-bond acceptors (Lipinski definition) is 5. The number of unbranched alkanes of at least 4 members (excludes halogenated alkanes) is 4. The van der Waals surface area contributed by atoms with Crippen LogP contribution in [0.2, 0.25) is 0 Å². The SMILES string of the molecule is CCOC(=O)CCCCCCCNC(=O)c1ccccc1OC(C)=O. The summed E-state index contributed by atoms with van der Waals surface area (Å²) in [6.07, 6.45) is 5.13. The molecule has 0 spiro atoms. The quantitative estimate of drug-likeness (QED) is 0.377. The van der Waals surface area contributed by atoms with E-state index in [9.17, 15) is 14.4 Å². The van der Waals surface area contributed by atoms with Crippen LogP contribution in [0.5, 0.6) is 5.75 Å². The summed E-state index contributed by atoms with van der Waals surface area (Å²) in [6, 6.07) is 6.67. The molecule has 0 atom stereocenters. The Morgan fingerprint density at radius 1 is 1.00 bits per heavy atom. The van der Waals surface area contributed by atoms with Crippen LogP contribution < -0.4 is 10.1 Å². The number of amides is 1. The molecule has 138 valence electrons. The van der Waals surface area contributed by atoms with Crippen LogP contribution in [-0.2, 0) is 14.3 Å². The van der Waals surface area contributed by atoms with Gasteiger partial charge in [0.1, 0.15) is 5.75 Å². The van der Waals surface area contributed by atoms with E-state index in [1.807, 2.05) is 0 Å². The van der Waals surface area contributed by atoms with E-state index in [2.05, 4.69) is 5.32 Å². The molecule has 0 unspecified atom stereocenters. The number of para-hydroxylation sites is 1. The van der Waals surface area contributed by atoms with Crippen molar-refractivity contribution < 1.29 is 23.9 Å². The molecule has 1 rings (SSSR count). The molecule has 0 saturated carbocycles. The zero-order valence-corrected chi connectivity index (χ0v) is 15.0. The first-order valence-electron chi connectivity index (χ1n) is 8.75. The van der Waals surface area contributed by atoms with Crippen LogP contribution >= 0.6 is 0 Å². The van der Waals surface area contributed by atoms with E-state index in [1.54, 1.807) is 31.2 Å². The van der Waals surface area contributed by atoms with Gasteiger partial charge in [0.15, 0.2) is 0 Å². The highest BCUT2D eigenvalue weighted by Gasteiger charge is 2.12. The molecule has 0 aliphatic heterocycles. The van der Waals surface area contributed by atoms with Gasteiger partial charge in [0, 0.05) is 19.9 Å². The summed E-state index contributed by atoms with van der Waals surface area (Å²) in [7, 11) is 0. The number of esters is 2. The maximum atomic E-state index is 12.2. The van der Waals surface area contributed by atoms with Crippen LogP contribution in [0.25, 0.3) is 0 Å². The fourth-order valence-electron chi connectivity index (χ4n) is 2.35. The van der Waals surface area contributed by atoms with Crippen molar-refractivity contribution in [2.24, 2.45) is 0 Å². The summed E-state index contributed by atoms with van der Waals surface area (Å²) in [5, 5.41) is 2.83. The fourth-order valence-corrected chi connectivity index (χ4v) is 2.35. The molecular weight excluding hydrogens is 322 g/mol. The van der Waals surface area contributed by atoms with Crippen molar-refractivity contribution in [3.05, 3.63) is 29.8 Å². The second kappa shape index (κ2) is 12.1. The van der Waals surface area contributed by atoms with Crippen LogP contribution in [0.3, 0.4) is 0 Å². The zero-order valence-electron chi connectivity index (χ0n) is 15.0. The molecule has 6 nitrogen and oxygen atoms in total. The first kappa shape index (κ1) is 20.7. The van der Waals surface area contributed by atoms with Crippen molar-refractivity contribution >= 4 is 17.8 Å². The van der Waals surface area contributed by atoms with Gasteiger partial charge in [-0.05, 0) is 31.9 Å². The van der Waals surface area contributed by atoms with E-state index in [-0.39, 0.29) is 17.6 Å². The minimum Gasteiger partial charge on any atom is -0.466 e. The van der Waals surface area contributed by atoms with Crippen molar-refractivity contribution in [2.45, 2.75) is 52.4 Å². The normalized spacial score (nSPS) is 10.2. The summed E-state index contributed by atoms with van der Waals surface area (Å²) in [6.45, 7) is 4.09. The number of carbonyl (C=O) groups excluding carboxylic acids is 3. The van der Waals surface area contributed by atoms with Crippen molar-refractivity contribution in [1.29, 1.82) is 0 Å². The number of nitrogens with one attached hydrogen (secondary N) is 1. The van der Waals surface area contributed by atoms with Gasteiger partial charge in [-0.2, -0.15) is 0 Å². The molecule has 1 N–H and O–H groups in total. The van der Waals surface area contributed by atoms with Crippen LogP contribution in [0.15, 0.2) is 24.3 Å². The van der Waals surface area contributed by atoms with Crippen molar-refractivity contribution in [1.82, 2.24) is 5.32 Å².